The average Bonchev–Trinajstić information content (AvgIpc) is 2.34. The number of likely N-dealkylation sites (tertiary alicyclic amines) is 1. The molecule has 0 aromatic heterocycles. The Morgan fingerprint density at radius 1 is 1.29 bits per heavy atom. The third-order valence-corrected chi connectivity index (χ3v) is 3.46. The van der Waals surface area contributed by atoms with E-state index in [-0.39, 0.29) is 32.0 Å². The summed E-state index contributed by atoms with van der Waals surface area (Å²) >= 11 is 0. The quantitative estimate of drug-likeness (QED) is 0.805. The zero-order valence-electron chi connectivity index (χ0n) is 11.2. The molecular formula is C11H16F6N2O2. The van der Waals surface area contributed by atoms with Gasteiger partial charge in [0.2, 0.25) is 11.8 Å². The summed E-state index contributed by atoms with van der Waals surface area (Å²) < 4.78 is 80.4. The van der Waals surface area contributed by atoms with Crippen molar-refractivity contribution in [2.45, 2.75) is 37.3 Å². The van der Waals surface area contributed by atoms with Crippen molar-refractivity contribution in [3.63, 3.8) is 0 Å². The molecule has 1 aliphatic heterocycles. The van der Waals surface area contributed by atoms with E-state index in [0.29, 0.717) is 4.90 Å². The lowest BCUT2D eigenvalue weighted by Gasteiger charge is -2.40. The molecule has 1 heterocycles. The number of amides is 1. The van der Waals surface area contributed by atoms with Crippen LogP contribution in [0.1, 0.15) is 12.8 Å². The van der Waals surface area contributed by atoms with E-state index >= 15 is 0 Å². The number of hydrogen-bond acceptors (Lipinski definition) is 3. The number of rotatable bonds is 3. The molecule has 0 bridgehead atoms. The summed E-state index contributed by atoms with van der Waals surface area (Å²) in [5.41, 5.74) is 5.35. The van der Waals surface area contributed by atoms with Crippen molar-refractivity contribution in [1.29, 1.82) is 0 Å². The first-order valence-corrected chi connectivity index (χ1v) is 6.19. The molecule has 0 saturated carbocycles. The molecule has 2 N–H and O–H groups in total. The molecule has 1 amide bonds. The average molecular weight is 322 g/mol. The third-order valence-electron chi connectivity index (χ3n) is 3.46. The molecule has 0 aliphatic carbocycles. The number of carbonyl (C=O) groups excluding carboxylic acids is 1. The Hall–Kier alpha value is -1.03. The Balaban J connectivity index is 2.98. The summed E-state index contributed by atoms with van der Waals surface area (Å²) in [6.07, 6.45) is -11.4. The molecule has 0 aromatic carbocycles. The Kier molecular flexibility index (Phi) is 5.48. The predicted octanol–water partition coefficient (Wildman–Crippen LogP) is 1.69. The lowest BCUT2D eigenvalue weighted by Crippen LogP contribution is -2.57. The summed E-state index contributed by atoms with van der Waals surface area (Å²) in [6.45, 7) is -0.476. The van der Waals surface area contributed by atoms with E-state index in [4.69, 9.17) is 10.5 Å². The first-order valence-electron chi connectivity index (χ1n) is 6.19. The Bertz CT molecular complexity index is 357. The van der Waals surface area contributed by atoms with Gasteiger partial charge in [0.25, 0.3) is 0 Å². The lowest BCUT2D eigenvalue weighted by molar-refractivity contribution is -0.278. The van der Waals surface area contributed by atoms with Gasteiger partial charge in [-0.25, -0.2) is 0 Å². The standard InChI is InChI=1S/C11H16F6N2O2/c1-21-7-2-3-19(6(4-7)5-18)9(20)8(10(12,13)14)11(15,16)17/h6-8H,2-5,18H2,1H3. The van der Waals surface area contributed by atoms with Crippen LogP contribution >= 0.6 is 0 Å². The molecule has 21 heavy (non-hydrogen) atoms. The van der Waals surface area contributed by atoms with Crippen molar-refractivity contribution in [2.75, 3.05) is 20.2 Å². The molecule has 2 unspecified atom stereocenters. The van der Waals surface area contributed by atoms with Crippen LogP contribution < -0.4 is 5.73 Å². The molecule has 124 valence electrons. The molecule has 4 nitrogen and oxygen atoms in total. The minimum Gasteiger partial charge on any atom is -0.381 e. The van der Waals surface area contributed by atoms with Gasteiger partial charge in [0.1, 0.15) is 0 Å². The van der Waals surface area contributed by atoms with Gasteiger partial charge in [-0.1, -0.05) is 0 Å². The maximum absolute atomic E-state index is 12.6. The maximum atomic E-state index is 12.6. The van der Waals surface area contributed by atoms with Gasteiger partial charge in [-0.2, -0.15) is 26.3 Å². The van der Waals surface area contributed by atoms with Crippen LogP contribution in [0.25, 0.3) is 0 Å². The molecule has 10 heteroatoms. The number of carbonyl (C=O) groups is 1. The predicted molar refractivity (Wildman–Crippen MR) is 60.2 cm³/mol. The Morgan fingerprint density at radius 2 is 1.81 bits per heavy atom. The van der Waals surface area contributed by atoms with Gasteiger partial charge < -0.3 is 15.4 Å². The molecule has 0 aromatic rings. The number of hydrogen-bond donors (Lipinski definition) is 1. The van der Waals surface area contributed by atoms with Gasteiger partial charge in [0.15, 0.2) is 0 Å². The van der Waals surface area contributed by atoms with Crippen molar-refractivity contribution < 1.29 is 35.9 Å². The van der Waals surface area contributed by atoms with Crippen LogP contribution in [0.15, 0.2) is 0 Å². The van der Waals surface area contributed by atoms with Crippen LogP contribution in [-0.4, -0.2) is 55.5 Å². The van der Waals surface area contributed by atoms with Crippen molar-refractivity contribution in [3.05, 3.63) is 0 Å². The molecule has 2 atom stereocenters. The highest BCUT2D eigenvalue weighted by atomic mass is 19.4. The molecule has 1 rings (SSSR count). The fourth-order valence-corrected chi connectivity index (χ4v) is 2.37. The second-order valence-electron chi connectivity index (χ2n) is 4.82. The number of ether oxygens (including phenoxy) is 1. The van der Waals surface area contributed by atoms with Crippen LogP contribution in [0.4, 0.5) is 26.3 Å². The number of methoxy groups -OCH3 is 1. The minimum atomic E-state index is -5.69. The largest absolute Gasteiger partial charge is 0.409 e. The first-order chi connectivity index (χ1) is 9.52. The Morgan fingerprint density at radius 3 is 2.19 bits per heavy atom. The highest BCUT2D eigenvalue weighted by Crippen LogP contribution is 2.41. The number of nitrogens with two attached hydrogens (primary N) is 1. The smallest absolute Gasteiger partial charge is 0.381 e. The maximum Gasteiger partial charge on any atom is 0.409 e. The van der Waals surface area contributed by atoms with Crippen molar-refractivity contribution in [3.8, 4) is 0 Å². The van der Waals surface area contributed by atoms with Gasteiger partial charge in [-0.15, -0.1) is 0 Å². The highest BCUT2D eigenvalue weighted by Gasteiger charge is 2.62. The van der Waals surface area contributed by atoms with Crippen molar-refractivity contribution in [2.24, 2.45) is 11.7 Å². The lowest BCUT2D eigenvalue weighted by atomic mass is 9.96. The molecular weight excluding hydrogens is 306 g/mol. The van der Waals surface area contributed by atoms with E-state index in [0.717, 1.165) is 0 Å². The topological polar surface area (TPSA) is 55.6 Å². The second-order valence-corrected chi connectivity index (χ2v) is 4.82. The first kappa shape index (κ1) is 18.0. The number of alkyl halides is 6. The summed E-state index contributed by atoms with van der Waals surface area (Å²) in [7, 11) is 1.38. The second kappa shape index (κ2) is 6.39. The third kappa shape index (κ3) is 4.22. The summed E-state index contributed by atoms with van der Waals surface area (Å²) in [5.74, 6) is -6.02. The fraction of sp³-hybridized carbons (Fsp3) is 0.909. The monoisotopic (exact) mass is 322 g/mol. The van der Waals surface area contributed by atoms with E-state index in [1.165, 1.54) is 7.11 Å². The normalized spacial score (nSPS) is 24.5. The summed E-state index contributed by atoms with van der Waals surface area (Å²) in [6, 6.07) is -0.900. The van der Waals surface area contributed by atoms with Crippen molar-refractivity contribution in [1.82, 2.24) is 4.90 Å². The van der Waals surface area contributed by atoms with Crippen LogP contribution in [-0.2, 0) is 9.53 Å². The van der Waals surface area contributed by atoms with E-state index in [1.807, 2.05) is 0 Å². The number of nitrogens with zero attached hydrogens (tertiary/aromatic N) is 1. The van der Waals surface area contributed by atoms with Gasteiger partial charge in [0, 0.05) is 26.2 Å². The van der Waals surface area contributed by atoms with E-state index in [2.05, 4.69) is 0 Å². The number of halogens is 6. The fourth-order valence-electron chi connectivity index (χ4n) is 2.37. The summed E-state index contributed by atoms with van der Waals surface area (Å²) in [4.78, 5) is 12.3. The molecule has 1 aliphatic rings. The van der Waals surface area contributed by atoms with Gasteiger partial charge in [-0.3, -0.25) is 4.79 Å². The van der Waals surface area contributed by atoms with Crippen molar-refractivity contribution >= 4 is 5.91 Å². The van der Waals surface area contributed by atoms with Crippen LogP contribution in [0.2, 0.25) is 0 Å². The zero-order valence-corrected chi connectivity index (χ0v) is 11.2. The zero-order chi connectivity index (χ0) is 16.4. The number of piperidine rings is 1. The summed E-state index contributed by atoms with van der Waals surface area (Å²) in [5, 5.41) is 0. The minimum absolute atomic E-state index is 0.112. The SMILES string of the molecule is COC1CCN(C(=O)C(C(F)(F)F)C(F)(F)F)C(CN)C1. The van der Waals surface area contributed by atoms with E-state index in [9.17, 15) is 31.1 Å². The van der Waals surface area contributed by atoms with Crippen LogP contribution in [0.3, 0.4) is 0 Å². The van der Waals surface area contributed by atoms with Gasteiger partial charge >= 0.3 is 12.4 Å². The van der Waals surface area contributed by atoms with Gasteiger partial charge in [-0.05, 0) is 12.8 Å². The Labute approximate surface area is 117 Å². The van der Waals surface area contributed by atoms with Crippen LogP contribution in [0, 0.1) is 5.92 Å². The molecule has 0 radical (unpaired) electrons. The molecule has 1 saturated heterocycles. The molecule has 1 fully saturated rings. The van der Waals surface area contributed by atoms with E-state index in [1.54, 1.807) is 0 Å². The van der Waals surface area contributed by atoms with Crippen LogP contribution in [0.5, 0.6) is 0 Å². The highest BCUT2D eigenvalue weighted by molar-refractivity contribution is 5.81. The van der Waals surface area contributed by atoms with E-state index < -0.39 is 30.2 Å². The van der Waals surface area contributed by atoms with Gasteiger partial charge in [0.05, 0.1) is 6.10 Å². The molecule has 0 spiro atoms.